The van der Waals surface area contributed by atoms with Crippen molar-refractivity contribution in [3.63, 3.8) is 0 Å². The van der Waals surface area contributed by atoms with Crippen LogP contribution >= 0.6 is 0 Å². The molecule has 0 fully saturated rings. The summed E-state index contributed by atoms with van der Waals surface area (Å²) in [4.78, 5) is 0. The summed E-state index contributed by atoms with van der Waals surface area (Å²) in [5.74, 6) is 0. The van der Waals surface area contributed by atoms with Gasteiger partial charge < -0.3 is 0 Å². The number of hydrogen-bond donors (Lipinski definition) is 0. The van der Waals surface area contributed by atoms with Crippen LogP contribution in [-0.4, -0.2) is 0 Å². The molecule has 0 N–H and O–H groups in total. The lowest BCUT2D eigenvalue weighted by Crippen LogP contribution is -2.29. The molecule has 0 heterocycles. The minimum absolute atomic E-state index is 0.264. The molecule has 124 valence electrons. The van der Waals surface area contributed by atoms with Crippen LogP contribution in [0.15, 0.2) is 103 Å². The Morgan fingerprint density at radius 1 is 0.500 bits per heavy atom. The van der Waals surface area contributed by atoms with Crippen molar-refractivity contribution in [1.82, 2.24) is 0 Å². The predicted octanol–water partition coefficient (Wildman–Crippen LogP) is 6.36. The van der Waals surface area contributed by atoms with Crippen LogP contribution < -0.4 is 0 Å². The summed E-state index contributed by atoms with van der Waals surface area (Å²) in [6.07, 6.45) is 0. The molecule has 0 radical (unpaired) electrons. The molecule has 0 saturated carbocycles. The van der Waals surface area contributed by atoms with Gasteiger partial charge in [0.25, 0.3) is 0 Å². The molecule has 0 amide bonds. The highest BCUT2D eigenvalue weighted by atomic mass is 14.5. The Balaban J connectivity index is 2.01. The fourth-order valence-electron chi connectivity index (χ4n) is 4.71. The van der Waals surface area contributed by atoms with Gasteiger partial charge in [0, 0.05) is 0 Å². The molecular formula is C26H20. The molecule has 0 aliphatic heterocycles. The quantitative estimate of drug-likeness (QED) is 0.353. The van der Waals surface area contributed by atoms with Crippen LogP contribution in [0.5, 0.6) is 0 Å². The average molecular weight is 332 g/mol. The van der Waals surface area contributed by atoms with Crippen LogP contribution in [0, 0.1) is 6.92 Å². The van der Waals surface area contributed by atoms with E-state index in [4.69, 9.17) is 0 Å². The highest BCUT2D eigenvalue weighted by Gasteiger charge is 2.46. The fourth-order valence-corrected chi connectivity index (χ4v) is 4.71. The second kappa shape index (κ2) is 5.71. The Morgan fingerprint density at radius 3 is 1.69 bits per heavy atom. The summed E-state index contributed by atoms with van der Waals surface area (Å²) in [7, 11) is 0. The van der Waals surface area contributed by atoms with Crippen molar-refractivity contribution in [2.45, 2.75) is 12.3 Å². The Morgan fingerprint density at radius 2 is 1.04 bits per heavy atom. The fraction of sp³-hybridized carbons (Fsp3) is 0.0769. The third kappa shape index (κ3) is 1.90. The lowest BCUT2D eigenvalue weighted by molar-refractivity contribution is 0.762. The molecule has 26 heavy (non-hydrogen) atoms. The molecule has 0 aromatic heterocycles. The van der Waals surface area contributed by atoms with Crippen LogP contribution in [-0.2, 0) is 5.41 Å². The molecule has 0 heteroatoms. The van der Waals surface area contributed by atoms with E-state index in [9.17, 15) is 0 Å². The van der Waals surface area contributed by atoms with Crippen molar-refractivity contribution in [2.75, 3.05) is 0 Å². The molecule has 0 nitrogen and oxygen atoms in total. The lowest BCUT2D eigenvalue weighted by Gasteiger charge is -2.34. The largest absolute Gasteiger partial charge is 0.0716 e. The van der Waals surface area contributed by atoms with Crippen LogP contribution in [0.3, 0.4) is 0 Å². The van der Waals surface area contributed by atoms with Gasteiger partial charge in [0.1, 0.15) is 0 Å². The van der Waals surface area contributed by atoms with Gasteiger partial charge in [0.05, 0.1) is 5.41 Å². The van der Waals surface area contributed by atoms with E-state index >= 15 is 0 Å². The van der Waals surface area contributed by atoms with E-state index in [-0.39, 0.29) is 5.41 Å². The number of benzene rings is 4. The molecule has 1 aliphatic carbocycles. The van der Waals surface area contributed by atoms with Gasteiger partial charge in [0.2, 0.25) is 0 Å². The first kappa shape index (κ1) is 15.2. The topological polar surface area (TPSA) is 0 Å². The highest BCUT2D eigenvalue weighted by Crippen LogP contribution is 2.56. The van der Waals surface area contributed by atoms with Crippen molar-refractivity contribution < 1.29 is 0 Å². The smallest absolute Gasteiger partial charge is 0.0622 e. The minimum Gasteiger partial charge on any atom is -0.0622 e. The first-order chi connectivity index (χ1) is 12.8. The monoisotopic (exact) mass is 332 g/mol. The summed E-state index contributed by atoms with van der Waals surface area (Å²) in [5.41, 5.74) is 9.22. The Kier molecular flexibility index (Phi) is 3.33. The third-order valence-corrected chi connectivity index (χ3v) is 5.68. The van der Waals surface area contributed by atoms with Crippen molar-refractivity contribution >= 4 is 0 Å². The second-order valence-electron chi connectivity index (χ2n) is 7.03. The first-order valence-electron chi connectivity index (χ1n) is 9.14. The number of rotatable bonds is 2. The molecule has 0 atom stereocenters. The Labute approximate surface area is 154 Å². The maximum absolute atomic E-state index is 2.30. The SMILES string of the molecule is Cc1cccc2c1C(c1ccccc1)(c1ccccc1)c1ccccc1-2. The van der Waals surface area contributed by atoms with Gasteiger partial charge in [-0.25, -0.2) is 0 Å². The molecule has 5 rings (SSSR count). The average Bonchev–Trinajstić information content (AvgIpc) is 3.02. The van der Waals surface area contributed by atoms with Gasteiger partial charge in [-0.05, 0) is 45.9 Å². The summed E-state index contributed by atoms with van der Waals surface area (Å²) >= 11 is 0. The van der Waals surface area contributed by atoms with Crippen LogP contribution in [0.1, 0.15) is 27.8 Å². The van der Waals surface area contributed by atoms with Gasteiger partial charge in [-0.15, -0.1) is 0 Å². The molecule has 1 aliphatic rings. The normalized spacial score (nSPS) is 13.9. The van der Waals surface area contributed by atoms with E-state index in [1.807, 2.05) is 0 Å². The number of hydrogen-bond acceptors (Lipinski definition) is 0. The highest BCUT2D eigenvalue weighted by molar-refractivity contribution is 5.87. The first-order valence-corrected chi connectivity index (χ1v) is 9.14. The summed E-state index contributed by atoms with van der Waals surface area (Å²) < 4.78 is 0. The van der Waals surface area contributed by atoms with Crippen LogP contribution in [0.25, 0.3) is 11.1 Å². The maximum Gasteiger partial charge on any atom is 0.0716 e. The third-order valence-electron chi connectivity index (χ3n) is 5.68. The van der Waals surface area contributed by atoms with Gasteiger partial charge in [-0.1, -0.05) is 103 Å². The second-order valence-corrected chi connectivity index (χ2v) is 7.03. The van der Waals surface area contributed by atoms with Gasteiger partial charge >= 0.3 is 0 Å². The van der Waals surface area contributed by atoms with E-state index < -0.39 is 0 Å². The van der Waals surface area contributed by atoms with E-state index in [2.05, 4.69) is 110 Å². The van der Waals surface area contributed by atoms with Gasteiger partial charge in [-0.2, -0.15) is 0 Å². The molecular weight excluding hydrogens is 312 g/mol. The van der Waals surface area contributed by atoms with Crippen molar-refractivity contribution in [3.8, 4) is 11.1 Å². The number of aryl methyl sites for hydroxylation is 1. The van der Waals surface area contributed by atoms with Crippen LogP contribution in [0.2, 0.25) is 0 Å². The maximum atomic E-state index is 2.30. The van der Waals surface area contributed by atoms with Crippen LogP contribution in [0.4, 0.5) is 0 Å². The van der Waals surface area contributed by atoms with Crippen molar-refractivity contribution in [3.05, 3.63) is 131 Å². The van der Waals surface area contributed by atoms with E-state index in [1.165, 1.54) is 38.9 Å². The molecule has 4 aromatic carbocycles. The minimum atomic E-state index is -0.264. The molecule has 0 unspecified atom stereocenters. The standard InChI is InChI=1S/C26H20/c1-19-11-10-17-23-22-16-8-9-18-24(22)26(25(19)23,20-12-4-2-5-13-20)21-14-6-3-7-15-21/h2-18H,1H3. The number of fused-ring (bicyclic) bond motifs is 3. The summed E-state index contributed by atoms with van der Waals surface area (Å²) in [5, 5.41) is 0. The molecule has 0 saturated heterocycles. The predicted molar refractivity (Wildman–Crippen MR) is 108 cm³/mol. The van der Waals surface area contributed by atoms with Crippen molar-refractivity contribution in [1.29, 1.82) is 0 Å². The molecule has 0 bridgehead atoms. The zero-order valence-corrected chi connectivity index (χ0v) is 14.8. The van der Waals surface area contributed by atoms with Crippen molar-refractivity contribution in [2.24, 2.45) is 0 Å². The zero-order valence-electron chi connectivity index (χ0n) is 14.8. The van der Waals surface area contributed by atoms with E-state index in [0.29, 0.717) is 0 Å². The van der Waals surface area contributed by atoms with Gasteiger partial charge in [0.15, 0.2) is 0 Å². The summed E-state index contributed by atoms with van der Waals surface area (Å²) in [6, 6.07) is 37.5. The molecule has 4 aromatic rings. The summed E-state index contributed by atoms with van der Waals surface area (Å²) in [6.45, 7) is 2.24. The van der Waals surface area contributed by atoms with E-state index in [1.54, 1.807) is 0 Å². The van der Waals surface area contributed by atoms with E-state index in [0.717, 1.165) is 0 Å². The Hall–Kier alpha value is -3.12. The van der Waals surface area contributed by atoms with Gasteiger partial charge in [-0.3, -0.25) is 0 Å². The molecule has 0 spiro atoms. The zero-order chi connectivity index (χ0) is 17.6. The lowest BCUT2D eigenvalue weighted by atomic mass is 9.67. The Bertz CT molecular complexity index is 1040.